The minimum absolute atomic E-state index is 0.1000. The molecular weight excluding hydrogens is 386 g/mol. The molecule has 2 atom stereocenters. The zero-order valence-corrected chi connectivity index (χ0v) is 18.3. The van der Waals surface area contributed by atoms with E-state index in [-0.39, 0.29) is 17.6 Å². The molecule has 1 N–H and O–H groups in total. The van der Waals surface area contributed by atoms with Gasteiger partial charge in [-0.3, -0.25) is 0 Å². The maximum atomic E-state index is 10.2. The lowest BCUT2D eigenvalue weighted by atomic mass is 9.76. The predicted octanol–water partition coefficient (Wildman–Crippen LogP) is 5.42. The molecule has 1 aliphatic rings. The average molecular weight is 418 g/mol. The minimum atomic E-state index is 0.1000. The standard InChI is InChI=1S/C27H31NO3/c1-3-28(4-2)16-17-30-23-13-10-21(11-14-23)27-24-18-22(29)12-15-26(24)31-19-25(27)20-8-6-5-7-9-20/h5-15,18,25,27,29H,3-4,16-17,19H2,1-2H3/t25-,27-/m1/s1. The molecule has 31 heavy (non-hydrogen) atoms. The fourth-order valence-corrected chi connectivity index (χ4v) is 4.41. The normalized spacial score (nSPS) is 17.8. The van der Waals surface area contributed by atoms with Gasteiger partial charge in [0.2, 0.25) is 0 Å². The number of rotatable bonds is 8. The summed E-state index contributed by atoms with van der Waals surface area (Å²) in [5.74, 6) is 2.26. The topological polar surface area (TPSA) is 41.9 Å². The van der Waals surface area contributed by atoms with E-state index in [2.05, 4.69) is 67.3 Å². The molecule has 4 nitrogen and oxygen atoms in total. The van der Waals surface area contributed by atoms with E-state index in [1.54, 1.807) is 6.07 Å². The molecule has 4 heteroatoms. The van der Waals surface area contributed by atoms with Crippen LogP contribution in [0.2, 0.25) is 0 Å². The van der Waals surface area contributed by atoms with Gasteiger partial charge in [0.15, 0.2) is 0 Å². The number of hydrogen-bond acceptors (Lipinski definition) is 4. The average Bonchev–Trinajstić information content (AvgIpc) is 2.82. The summed E-state index contributed by atoms with van der Waals surface area (Å²) in [5, 5.41) is 10.2. The molecule has 0 aliphatic carbocycles. The van der Waals surface area contributed by atoms with Gasteiger partial charge in [-0.05, 0) is 54.5 Å². The van der Waals surface area contributed by atoms with Gasteiger partial charge in [-0.15, -0.1) is 0 Å². The van der Waals surface area contributed by atoms with Crippen molar-refractivity contribution < 1.29 is 14.6 Å². The highest BCUT2D eigenvalue weighted by Crippen LogP contribution is 2.47. The van der Waals surface area contributed by atoms with Crippen molar-refractivity contribution in [3.63, 3.8) is 0 Å². The van der Waals surface area contributed by atoms with Crippen molar-refractivity contribution in [1.29, 1.82) is 0 Å². The van der Waals surface area contributed by atoms with Gasteiger partial charge in [-0.25, -0.2) is 0 Å². The second kappa shape index (κ2) is 9.88. The summed E-state index contributed by atoms with van der Waals surface area (Å²) in [6, 6.07) is 24.3. The van der Waals surface area contributed by atoms with Crippen LogP contribution in [0, 0.1) is 0 Å². The highest BCUT2D eigenvalue weighted by molar-refractivity contribution is 5.51. The van der Waals surface area contributed by atoms with Crippen LogP contribution in [-0.2, 0) is 0 Å². The number of fused-ring (bicyclic) bond motifs is 1. The second-order valence-electron chi connectivity index (χ2n) is 7.97. The molecule has 0 saturated heterocycles. The van der Waals surface area contributed by atoms with E-state index in [9.17, 15) is 5.11 Å². The molecule has 0 radical (unpaired) electrons. The van der Waals surface area contributed by atoms with Crippen molar-refractivity contribution in [2.24, 2.45) is 0 Å². The summed E-state index contributed by atoms with van der Waals surface area (Å²) < 4.78 is 12.1. The van der Waals surface area contributed by atoms with Crippen molar-refractivity contribution in [2.75, 3.05) is 32.8 Å². The number of likely N-dealkylation sites (N-methyl/N-ethyl adjacent to an activating group) is 1. The summed E-state index contributed by atoms with van der Waals surface area (Å²) in [6.07, 6.45) is 0. The molecule has 3 aromatic carbocycles. The number of phenols is 1. The highest BCUT2D eigenvalue weighted by Gasteiger charge is 2.33. The Morgan fingerprint density at radius 3 is 2.39 bits per heavy atom. The lowest BCUT2D eigenvalue weighted by Crippen LogP contribution is -2.27. The zero-order chi connectivity index (χ0) is 21.6. The van der Waals surface area contributed by atoms with Gasteiger partial charge in [0.05, 0.1) is 6.61 Å². The number of phenolic OH excluding ortho intramolecular Hbond substituents is 1. The summed E-state index contributed by atoms with van der Waals surface area (Å²) in [7, 11) is 0. The van der Waals surface area contributed by atoms with Crippen LogP contribution < -0.4 is 9.47 Å². The van der Waals surface area contributed by atoms with Crippen LogP contribution in [0.25, 0.3) is 0 Å². The molecule has 1 aliphatic heterocycles. The van der Waals surface area contributed by atoms with Crippen molar-refractivity contribution in [3.8, 4) is 17.2 Å². The molecule has 1 heterocycles. The Morgan fingerprint density at radius 2 is 1.68 bits per heavy atom. The van der Waals surface area contributed by atoms with Gasteiger partial charge in [0.25, 0.3) is 0 Å². The van der Waals surface area contributed by atoms with Crippen molar-refractivity contribution >= 4 is 0 Å². The molecule has 4 rings (SSSR count). The van der Waals surface area contributed by atoms with E-state index in [1.165, 1.54) is 11.1 Å². The largest absolute Gasteiger partial charge is 0.508 e. The minimum Gasteiger partial charge on any atom is -0.508 e. The van der Waals surface area contributed by atoms with E-state index in [4.69, 9.17) is 9.47 Å². The molecule has 3 aromatic rings. The van der Waals surface area contributed by atoms with Crippen LogP contribution in [0.15, 0.2) is 72.8 Å². The maximum Gasteiger partial charge on any atom is 0.123 e. The van der Waals surface area contributed by atoms with Crippen LogP contribution in [0.1, 0.15) is 42.4 Å². The first-order valence-corrected chi connectivity index (χ1v) is 11.1. The van der Waals surface area contributed by atoms with E-state index in [0.717, 1.165) is 36.7 Å². The third-order valence-corrected chi connectivity index (χ3v) is 6.19. The highest BCUT2D eigenvalue weighted by atomic mass is 16.5. The third kappa shape index (κ3) is 4.86. The van der Waals surface area contributed by atoms with Crippen LogP contribution >= 0.6 is 0 Å². The summed E-state index contributed by atoms with van der Waals surface area (Å²) >= 11 is 0. The van der Waals surface area contributed by atoms with E-state index in [0.29, 0.717) is 13.2 Å². The predicted molar refractivity (Wildman–Crippen MR) is 124 cm³/mol. The summed E-state index contributed by atoms with van der Waals surface area (Å²) in [6.45, 7) is 8.63. The zero-order valence-electron chi connectivity index (χ0n) is 18.3. The molecule has 0 aromatic heterocycles. The lowest BCUT2D eigenvalue weighted by Gasteiger charge is -2.34. The Kier molecular flexibility index (Phi) is 6.78. The molecule has 0 amide bonds. The van der Waals surface area contributed by atoms with E-state index >= 15 is 0 Å². The molecule has 0 fully saturated rings. The van der Waals surface area contributed by atoms with Gasteiger partial charge in [-0.1, -0.05) is 56.3 Å². The quantitative estimate of drug-likeness (QED) is 0.531. The summed E-state index contributed by atoms with van der Waals surface area (Å²) in [5.41, 5.74) is 3.46. The molecule has 0 spiro atoms. The van der Waals surface area contributed by atoms with Gasteiger partial charge >= 0.3 is 0 Å². The number of hydrogen-bond donors (Lipinski definition) is 1. The second-order valence-corrected chi connectivity index (χ2v) is 7.97. The molecule has 162 valence electrons. The Balaban J connectivity index is 1.59. The Bertz CT molecular complexity index is 968. The van der Waals surface area contributed by atoms with Gasteiger partial charge in [0, 0.05) is 23.9 Å². The molecular formula is C27H31NO3. The monoisotopic (exact) mass is 417 g/mol. The lowest BCUT2D eigenvalue weighted by molar-refractivity contribution is 0.222. The maximum absolute atomic E-state index is 10.2. The van der Waals surface area contributed by atoms with Crippen molar-refractivity contribution in [3.05, 3.63) is 89.5 Å². The Hall–Kier alpha value is -2.98. The smallest absolute Gasteiger partial charge is 0.123 e. The van der Waals surface area contributed by atoms with Crippen molar-refractivity contribution in [2.45, 2.75) is 25.7 Å². The van der Waals surface area contributed by atoms with Gasteiger partial charge in [-0.2, -0.15) is 0 Å². The Labute approximate surface area is 185 Å². The van der Waals surface area contributed by atoms with Crippen LogP contribution in [-0.4, -0.2) is 42.9 Å². The van der Waals surface area contributed by atoms with Crippen molar-refractivity contribution in [1.82, 2.24) is 4.90 Å². The molecule has 0 bridgehead atoms. The fraction of sp³-hybridized carbons (Fsp3) is 0.333. The number of nitrogens with zero attached hydrogens (tertiary/aromatic N) is 1. The number of benzene rings is 3. The number of aromatic hydroxyl groups is 1. The van der Waals surface area contributed by atoms with Gasteiger partial charge < -0.3 is 19.5 Å². The number of ether oxygens (including phenoxy) is 2. The molecule has 0 saturated carbocycles. The third-order valence-electron chi connectivity index (χ3n) is 6.19. The summed E-state index contributed by atoms with van der Waals surface area (Å²) in [4.78, 5) is 2.35. The van der Waals surface area contributed by atoms with E-state index < -0.39 is 0 Å². The van der Waals surface area contributed by atoms with Crippen LogP contribution in [0.3, 0.4) is 0 Å². The first-order valence-electron chi connectivity index (χ1n) is 11.1. The van der Waals surface area contributed by atoms with Crippen LogP contribution in [0.5, 0.6) is 17.2 Å². The van der Waals surface area contributed by atoms with E-state index in [1.807, 2.05) is 18.2 Å². The fourth-order valence-electron chi connectivity index (χ4n) is 4.41. The Morgan fingerprint density at radius 1 is 0.935 bits per heavy atom. The van der Waals surface area contributed by atoms with Gasteiger partial charge in [0.1, 0.15) is 23.9 Å². The first-order chi connectivity index (χ1) is 15.2. The molecule has 0 unspecified atom stereocenters. The van der Waals surface area contributed by atoms with Crippen LogP contribution in [0.4, 0.5) is 0 Å². The SMILES string of the molecule is CCN(CC)CCOc1ccc([C@@H]2c3cc(O)ccc3OC[C@@H]2c2ccccc2)cc1. The first kappa shape index (κ1) is 21.3.